The maximum absolute atomic E-state index is 2.30. The maximum atomic E-state index is 2.30. The van der Waals surface area contributed by atoms with Crippen LogP contribution < -0.4 is 3.58 Å². The molecule has 0 saturated carbocycles. The van der Waals surface area contributed by atoms with Gasteiger partial charge in [-0.3, -0.25) is 0 Å². The molecule has 0 aliphatic carbocycles. The van der Waals surface area contributed by atoms with Gasteiger partial charge in [-0.25, -0.2) is 0 Å². The molecule has 0 aliphatic heterocycles. The van der Waals surface area contributed by atoms with E-state index in [0.717, 1.165) is 0 Å². The van der Waals surface area contributed by atoms with Crippen LogP contribution in [0.4, 0.5) is 0 Å². The Kier molecular flexibility index (Phi) is 3.59. The van der Waals surface area contributed by atoms with Gasteiger partial charge in [0.1, 0.15) is 0 Å². The average Bonchev–Trinajstić information content (AvgIpc) is 1.99. The van der Waals surface area contributed by atoms with Gasteiger partial charge in [0.05, 0.1) is 0 Å². The van der Waals surface area contributed by atoms with Crippen LogP contribution >= 0.6 is 0 Å². The Bertz CT molecular complexity index is 318. The Hall–Kier alpha value is 0.0187. The molecule has 1 rings (SSSR count). The molecule has 82 valence electrons. The van der Waals surface area contributed by atoms with Crippen LogP contribution in [-0.2, 0) is 10.8 Å². The molecule has 1 heteroatoms. The van der Waals surface area contributed by atoms with E-state index in [4.69, 9.17) is 0 Å². The molecule has 0 bridgehead atoms. The summed E-state index contributed by atoms with van der Waals surface area (Å²) in [6.45, 7) is 13.8. The van der Waals surface area contributed by atoms with Crippen molar-refractivity contribution in [1.82, 2.24) is 0 Å². The van der Waals surface area contributed by atoms with E-state index in [1.54, 1.807) is 3.58 Å². The van der Waals surface area contributed by atoms with Gasteiger partial charge in [-0.05, 0) is 0 Å². The van der Waals surface area contributed by atoms with Crippen LogP contribution in [-0.4, -0.2) is 22.5 Å². The van der Waals surface area contributed by atoms with Crippen molar-refractivity contribution in [2.45, 2.75) is 52.4 Å². The van der Waals surface area contributed by atoms with Gasteiger partial charge < -0.3 is 0 Å². The van der Waals surface area contributed by atoms with Gasteiger partial charge in [0, 0.05) is 0 Å². The van der Waals surface area contributed by atoms with Crippen LogP contribution in [0.3, 0.4) is 0 Å². The van der Waals surface area contributed by atoms with Gasteiger partial charge in [0.2, 0.25) is 0 Å². The molecular formula is C14H22Sn. The molecule has 0 amide bonds. The van der Waals surface area contributed by atoms with E-state index in [0.29, 0.717) is 0 Å². The summed E-state index contributed by atoms with van der Waals surface area (Å²) in [4.78, 5) is 0. The Morgan fingerprint density at radius 1 is 0.800 bits per heavy atom. The molecule has 0 N–H and O–H groups in total. The monoisotopic (exact) mass is 310 g/mol. The first-order valence-corrected chi connectivity index (χ1v) is 7.18. The summed E-state index contributed by atoms with van der Waals surface area (Å²) in [5.41, 5.74) is 3.60. The van der Waals surface area contributed by atoms with E-state index < -0.39 is 0 Å². The first kappa shape index (κ1) is 13.1. The third-order valence-electron chi connectivity index (χ3n) is 2.72. The van der Waals surface area contributed by atoms with Gasteiger partial charge >= 0.3 is 108 Å². The van der Waals surface area contributed by atoms with Gasteiger partial charge in [0.25, 0.3) is 0 Å². The van der Waals surface area contributed by atoms with Crippen molar-refractivity contribution in [1.29, 1.82) is 0 Å². The van der Waals surface area contributed by atoms with E-state index in [9.17, 15) is 0 Å². The molecule has 1 aromatic carbocycles. The summed E-state index contributed by atoms with van der Waals surface area (Å²) in [5.74, 6) is 0. The number of benzene rings is 1. The summed E-state index contributed by atoms with van der Waals surface area (Å²) in [7, 11) is 0. The zero-order valence-corrected chi connectivity index (χ0v) is 14.1. The van der Waals surface area contributed by atoms with Crippen LogP contribution in [0.15, 0.2) is 18.2 Å². The summed E-state index contributed by atoms with van der Waals surface area (Å²) >= 11 is 1.21. The molecule has 0 saturated heterocycles. The van der Waals surface area contributed by atoms with Crippen molar-refractivity contribution in [3.63, 3.8) is 0 Å². The van der Waals surface area contributed by atoms with E-state index in [1.165, 1.54) is 33.7 Å². The van der Waals surface area contributed by atoms with Crippen molar-refractivity contribution < 1.29 is 0 Å². The van der Waals surface area contributed by atoms with E-state index in [2.05, 4.69) is 59.7 Å². The Balaban J connectivity index is 3.37. The van der Waals surface area contributed by atoms with Crippen molar-refractivity contribution in [3.05, 3.63) is 29.3 Å². The minimum absolute atomic E-state index is 0.274. The van der Waals surface area contributed by atoms with Gasteiger partial charge in [0.15, 0.2) is 0 Å². The number of hydrogen-bond acceptors (Lipinski definition) is 0. The second kappa shape index (κ2) is 4.12. The first-order chi connectivity index (χ1) is 6.64. The number of rotatable bonds is 0. The van der Waals surface area contributed by atoms with Crippen LogP contribution in [0.1, 0.15) is 52.7 Å². The first-order valence-electron chi connectivity index (χ1n) is 5.53. The van der Waals surface area contributed by atoms with Crippen molar-refractivity contribution in [2.75, 3.05) is 0 Å². The summed E-state index contributed by atoms with van der Waals surface area (Å²) < 4.78 is 1.59. The standard InChI is InChI=1S/C14H21.Sn.H/c1-13(2,3)11-8-7-9-12(10-11)14(4,5)6;;/h7-9H,1-6H3;;. The molecule has 0 atom stereocenters. The van der Waals surface area contributed by atoms with Gasteiger partial charge in [-0.1, -0.05) is 0 Å². The van der Waals surface area contributed by atoms with Crippen molar-refractivity contribution in [2.24, 2.45) is 0 Å². The summed E-state index contributed by atoms with van der Waals surface area (Å²) in [6, 6.07) is 6.78. The molecule has 0 spiro atoms. The van der Waals surface area contributed by atoms with Gasteiger partial charge in [-0.2, -0.15) is 0 Å². The Morgan fingerprint density at radius 2 is 1.13 bits per heavy atom. The average molecular weight is 309 g/mol. The number of hydrogen-bond donors (Lipinski definition) is 0. The summed E-state index contributed by atoms with van der Waals surface area (Å²) in [6.07, 6.45) is 0. The third-order valence-corrected chi connectivity index (χ3v) is 4.50. The molecule has 15 heavy (non-hydrogen) atoms. The second-order valence-electron chi connectivity index (χ2n) is 6.27. The van der Waals surface area contributed by atoms with Gasteiger partial charge in [-0.15, -0.1) is 0 Å². The molecule has 0 unspecified atom stereocenters. The van der Waals surface area contributed by atoms with E-state index >= 15 is 0 Å². The van der Waals surface area contributed by atoms with Crippen molar-refractivity contribution >= 4 is 26.1 Å². The SMILES string of the molecule is CC(C)(C)c1cccc(C(C)(C)C)[c]1[SnH]. The zero-order chi connectivity index (χ0) is 11.9. The molecule has 0 nitrogen and oxygen atoms in total. The molecule has 0 fully saturated rings. The zero-order valence-electron chi connectivity index (χ0n) is 10.8. The van der Waals surface area contributed by atoms with Crippen LogP contribution in [0.2, 0.25) is 0 Å². The topological polar surface area (TPSA) is 0 Å². The van der Waals surface area contributed by atoms with Crippen LogP contribution in [0.25, 0.3) is 0 Å². The molecule has 1 aromatic rings. The predicted octanol–water partition coefficient (Wildman–Crippen LogP) is 2.81. The summed E-state index contributed by atoms with van der Waals surface area (Å²) in [5, 5.41) is 0. The van der Waals surface area contributed by atoms with Crippen molar-refractivity contribution in [3.8, 4) is 0 Å². The van der Waals surface area contributed by atoms with E-state index in [1.807, 2.05) is 0 Å². The molecule has 0 aromatic heterocycles. The Labute approximate surface area is 108 Å². The minimum atomic E-state index is 0.274. The predicted molar refractivity (Wildman–Crippen MR) is 70.6 cm³/mol. The Morgan fingerprint density at radius 3 is 1.40 bits per heavy atom. The molecule has 0 heterocycles. The molecular weight excluding hydrogens is 287 g/mol. The molecule has 2 radical (unpaired) electrons. The normalized spacial score (nSPS) is 13.0. The fourth-order valence-corrected chi connectivity index (χ4v) is 4.89. The van der Waals surface area contributed by atoms with Crippen LogP contribution in [0, 0.1) is 0 Å². The fraction of sp³-hybridized carbons (Fsp3) is 0.571. The molecule has 0 aliphatic rings. The van der Waals surface area contributed by atoms with E-state index in [-0.39, 0.29) is 10.8 Å². The fourth-order valence-electron chi connectivity index (χ4n) is 1.87. The quantitative estimate of drug-likeness (QED) is 0.647. The second-order valence-corrected chi connectivity index (χ2v) is 7.91. The van der Waals surface area contributed by atoms with Crippen LogP contribution in [0.5, 0.6) is 0 Å². The third kappa shape index (κ3) is 2.99.